The molecule has 1 aromatic heterocycles. The van der Waals surface area contributed by atoms with Crippen molar-refractivity contribution in [3.05, 3.63) is 36.0 Å². The van der Waals surface area contributed by atoms with Crippen molar-refractivity contribution >= 4 is 11.7 Å². The average Bonchev–Trinajstić information content (AvgIpc) is 2.97. The molecule has 0 unspecified atom stereocenters. The van der Waals surface area contributed by atoms with Crippen molar-refractivity contribution in [2.24, 2.45) is 7.05 Å². The highest BCUT2D eigenvalue weighted by Gasteiger charge is 2.32. The lowest BCUT2D eigenvalue weighted by molar-refractivity contribution is -0.118. The van der Waals surface area contributed by atoms with E-state index in [1.165, 1.54) is 0 Å². The zero-order chi connectivity index (χ0) is 15.7. The summed E-state index contributed by atoms with van der Waals surface area (Å²) in [4.78, 5) is 11.9. The molecule has 0 spiro atoms. The SMILES string of the molecule is Cn1ccc(NC(=O)COc2cccc3c2OC(C)(C)C3)n1. The largest absolute Gasteiger partial charge is 0.483 e. The number of rotatable bonds is 4. The molecule has 0 bridgehead atoms. The molecule has 3 rings (SSSR count). The van der Waals surface area contributed by atoms with Gasteiger partial charge >= 0.3 is 0 Å². The lowest BCUT2D eigenvalue weighted by Gasteiger charge is -2.18. The Morgan fingerprint density at radius 1 is 1.45 bits per heavy atom. The van der Waals surface area contributed by atoms with E-state index in [4.69, 9.17) is 9.47 Å². The second kappa shape index (κ2) is 5.36. The van der Waals surface area contributed by atoms with E-state index in [0.29, 0.717) is 11.6 Å². The first-order chi connectivity index (χ1) is 10.4. The Labute approximate surface area is 129 Å². The number of para-hydroxylation sites is 1. The number of hydrogen-bond donors (Lipinski definition) is 1. The molecular formula is C16H19N3O3. The molecule has 1 aromatic carbocycles. The Morgan fingerprint density at radius 2 is 2.27 bits per heavy atom. The van der Waals surface area contributed by atoms with Crippen LogP contribution < -0.4 is 14.8 Å². The van der Waals surface area contributed by atoms with Gasteiger partial charge in [-0.3, -0.25) is 9.48 Å². The van der Waals surface area contributed by atoms with E-state index in [-0.39, 0.29) is 18.1 Å². The monoisotopic (exact) mass is 301 g/mol. The molecule has 22 heavy (non-hydrogen) atoms. The summed E-state index contributed by atoms with van der Waals surface area (Å²) in [5.41, 5.74) is 0.866. The molecule has 1 aliphatic rings. The molecule has 0 aliphatic carbocycles. The highest BCUT2D eigenvalue weighted by atomic mass is 16.5. The molecule has 0 atom stereocenters. The Hall–Kier alpha value is -2.50. The normalized spacial score (nSPS) is 15.0. The predicted molar refractivity (Wildman–Crippen MR) is 82.2 cm³/mol. The van der Waals surface area contributed by atoms with Crippen molar-refractivity contribution in [1.29, 1.82) is 0 Å². The number of benzene rings is 1. The van der Waals surface area contributed by atoms with E-state index in [2.05, 4.69) is 10.4 Å². The van der Waals surface area contributed by atoms with Gasteiger partial charge in [0.2, 0.25) is 0 Å². The van der Waals surface area contributed by atoms with E-state index < -0.39 is 0 Å². The minimum absolute atomic E-state index is 0.0865. The first-order valence-electron chi connectivity index (χ1n) is 7.16. The molecule has 0 fully saturated rings. The number of amides is 1. The van der Waals surface area contributed by atoms with Crippen LogP contribution >= 0.6 is 0 Å². The molecular weight excluding hydrogens is 282 g/mol. The summed E-state index contributed by atoms with van der Waals surface area (Å²) >= 11 is 0. The number of ether oxygens (including phenoxy) is 2. The summed E-state index contributed by atoms with van der Waals surface area (Å²) in [5, 5.41) is 6.77. The third kappa shape index (κ3) is 3.05. The van der Waals surface area contributed by atoms with Gasteiger partial charge in [-0.1, -0.05) is 12.1 Å². The number of aromatic nitrogens is 2. The predicted octanol–water partition coefficient (Wildman–Crippen LogP) is 2.15. The number of nitrogens with one attached hydrogen (secondary N) is 1. The fourth-order valence-electron chi connectivity index (χ4n) is 2.50. The Balaban J connectivity index is 1.63. The molecule has 1 N–H and O–H groups in total. The maximum atomic E-state index is 11.9. The third-order valence-electron chi connectivity index (χ3n) is 3.39. The molecule has 6 heteroatoms. The zero-order valence-electron chi connectivity index (χ0n) is 12.9. The summed E-state index contributed by atoms with van der Waals surface area (Å²) < 4.78 is 13.1. The standard InChI is InChI=1S/C16H19N3O3/c1-16(2)9-11-5-4-6-12(15(11)22-16)21-10-14(20)17-13-7-8-19(3)18-13/h4-8H,9-10H2,1-3H3,(H,17,18,20). The van der Waals surface area contributed by atoms with Crippen LogP contribution in [-0.2, 0) is 18.3 Å². The smallest absolute Gasteiger partial charge is 0.263 e. The molecule has 1 aliphatic heterocycles. The summed E-state index contributed by atoms with van der Waals surface area (Å²) in [5.74, 6) is 1.58. The Kier molecular flexibility index (Phi) is 3.52. The molecule has 0 radical (unpaired) electrons. The van der Waals surface area contributed by atoms with Crippen molar-refractivity contribution in [3.63, 3.8) is 0 Å². The van der Waals surface area contributed by atoms with Crippen LogP contribution in [0.1, 0.15) is 19.4 Å². The van der Waals surface area contributed by atoms with Gasteiger partial charge in [-0.2, -0.15) is 5.10 Å². The van der Waals surface area contributed by atoms with Crippen LogP contribution in [0.3, 0.4) is 0 Å². The Bertz CT molecular complexity index is 706. The zero-order valence-corrected chi connectivity index (χ0v) is 12.9. The van der Waals surface area contributed by atoms with Crippen molar-refractivity contribution in [1.82, 2.24) is 9.78 Å². The molecule has 2 aromatic rings. The maximum Gasteiger partial charge on any atom is 0.263 e. The summed E-state index contributed by atoms with van der Waals surface area (Å²) in [6.07, 6.45) is 2.59. The summed E-state index contributed by atoms with van der Waals surface area (Å²) in [6.45, 7) is 3.98. The molecule has 116 valence electrons. The van der Waals surface area contributed by atoms with E-state index in [1.54, 1.807) is 24.0 Å². The van der Waals surface area contributed by atoms with Crippen LogP contribution in [0.15, 0.2) is 30.5 Å². The van der Waals surface area contributed by atoms with Gasteiger partial charge in [0.1, 0.15) is 5.60 Å². The van der Waals surface area contributed by atoms with Crippen LogP contribution in [0, 0.1) is 0 Å². The number of fused-ring (bicyclic) bond motifs is 1. The average molecular weight is 301 g/mol. The maximum absolute atomic E-state index is 11.9. The van der Waals surface area contributed by atoms with Gasteiger partial charge in [-0.25, -0.2) is 0 Å². The first kappa shape index (κ1) is 14.4. The molecule has 0 saturated heterocycles. The summed E-state index contributed by atoms with van der Waals surface area (Å²) in [6, 6.07) is 7.47. The highest BCUT2D eigenvalue weighted by molar-refractivity contribution is 5.90. The van der Waals surface area contributed by atoms with Crippen molar-refractivity contribution in [2.45, 2.75) is 25.9 Å². The van der Waals surface area contributed by atoms with Gasteiger partial charge in [-0.05, 0) is 19.9 Å². The van der Waals surface area contributed by atoms with Crippen LogP contribution in [0.2, 0.25) is 0 Å². The third-order valence-corrected chi connectivity index (χ3v) is 3.39. The minimum atomic E-state index is -0.256. The molecule has 1 amide bonds. The second-order valence-electron chi connectivity index (χ2n) is 5.99. The van der Waals surface area contributed by atoms with E-state index in [1.807, 2.05) is 32.0 Å². The fourth-order valence-corrected chi connectivity index (χ4v) is 2.50. The number of hydrogen-bond acceptors (Lipinski definition) is 4. The molecule has 0 saturated carbocycles. The van der Waals surface area contributed by atoms with Gasteiger partial charge in [0.15, 0.2) is 23.9 Å². The van der Waals surface area contributed by atoms with E-state index in [0.717, 1.165) is 17.7 Å². The number of anilines is 1. The van der Waals surface area contributed by atoms with Gasteiger partial charge in [0.25, 0.3) is 5.91 Å². The van der Waals surface area contributed by atoms with Crippen molar-refractivity contribution in [3.8, 4) is 11.5 Å². The lowest BCUT2D eigenvalue weighted by Crippen LogP contribution is -2.25. The fraction of sp³-hybridized carbons (Fsp3) is 0.375. The van der Waals surface area contributed by atoms with Crippen LogP contribution in [-0.4, -0.2) is 27.9 Å². The topological polar surface area (TPSA) is 65.4 Å². The number of nitrogens with zero attached hydrogens (tertiary/aromatic N) is 2. The van der Waals surface area contributed by atoms with Crippen LogP contribution in [0.25, 0.3) is 0 Å². The van der Waals surface area contributed by atoms with E-state index in [9.17, 15) is 4.79 Å². The van der Waals surface area contributed by atoms with Crippen LogP contribution in [0.4, 0.5) is 5.82 Å². The van der Waals surface area contributed by atoms with Gasteiger partial charge in [0.05, 0.1) is 0 Å². The number of aryl methyl sites for hydroxylation is 1. The van der Waals surface area contributed by atoms with Gasteiger partial charge in [-0.15, -0.1) is 0 Å². The first-order valence-corrected chi connectivity index (χ1v) is 7.16. The second-order valence-corrected chi connectivity index (χ2v) is 5.99. The van der Waals surface area contributed by atoms with E-state index >= 15 is 0 Å². The lowest BCUT2D eigenvalue weighted by atomic mass is 10.0. The van der Waals surface area contributed by atoms with Crippen molar-refractivity contribution < 1.29 is 14.3 Å². The minimum Gasteiger partial charge on any atom is -0.483 e. The summed E-state index contributed by atoms with van der Waals surface area (Å²) in [7, 11) is 1.79. The molecule has 6 nitrogen and oxygen atoms in total. The Morgan fingerprint density at radius 3 is 3.00 bits per heavy atom. The highest BCUT2D eigenvalue weighted by Crippen LogP contribution is 2.41. The van der Waals surface area contributed by atoms with Gasteiger partial charge < -0.3 is 14.8 Å². The van der Waals surface area contributed by atoms with Gasteiger partial charge in [0, 0.05) is 31.3 Å². The quantitative estimate of drug-likeness (QED) is 0.939. The van der Waals surface area contributed by atoms with Crippen LogP contribution in [0.5, 0.6) is 11.5 Å². The molecule has 2 heterocycles. The number of carbonyl (C=O) groups is 1. The van der Waals surface area contributed by atoms with Crippen molar-refractivity contribution in [2.75, 3.05) is 11.9 Å². The number of carbonyl (C=O) groups excluding carboxylic acids is 1.